The van der Waals surface area contributed by atoms with E-state index in [1.54, 1.807) is 19.2 Å². The number of likely N-dealkylation sites (N-methyl/N-ethyl adjacent to an activating group) is 1. The minimum atomic E-state index is -0.531. The Bertz CT molecular complexity index is 824. The first-order valence-electron chi connectivity index (χ1n) is 9.08. The molecule has 0 atom stereocenters. The fraction of sp³-hybridized carbons (Fsp3) is 0.474. The summed E-state index contributed by atoms with van der Waals surface area (Å²) in [6, 6.07) is 5.38. The summed E-state index contributed by atoms with van der Waals surface area (Å²) in [7, 11) is 2.89. The molecule has 3 rings (SSSR count). The van der Waals surface area contributed by atoms with E-state index >= 15 is 0 Å². The first-order valence-corrected chi connectivity index (χ1v) is 9.08. The van der Waals surface area contributed by atoms with Crippen molar-refractivity contribution in [1.82, 2.24) is 14.8 Å². The highest BCUT2D eigenvalue weighted by Gasteiger charge is 2.23. The minimum Gasteiger partial charge on any atom is -0.497 e. The van der Waals surface area contributed by atoms with Crippen molar-refractivity contribution in [2.75, 3.05) is 58.8 Å². The molecule has 146 valence electrons. The summed E-state index contributed by atoms with van der Waals surface area (Å²) in [5, 5.41) is 3.63. The van der Waals surface area contributed by atoms with Gasteiger partial charge in [0.2, 0.25) is 5.91 Å². The Morgan fingerprint density at radius 3 is 2.48 bits per heavy atom. The van der Waals surface area contributed by atoms with Crippen molar-refractivity contribution in [3.05, 3.63) is 23.9 Å². The third-order valence-corrected chi connectivity index (χ3v) is 4.94. The molecular formula is C19H26N4O4. The molecule has 2 aromatic rings. The zero-order valence-electron chi connectivity index (χ0n) is 16.0. The summed E-state index contributed by atoms with van der Waals surface area (Å²) < 4.78 is 10.1. The molecule has 2 heterocycles. The van der Waals surface area contributed by atoms with Crippen molar-refractivity contribution in [2.45, 2.75) is 6.92 Å². The van der Waals surface area contributed by atoms with Crippen LogP contribution in [-0.2, 0) is 9.53 Å². The van der Waals surface area contributed by atoms with Crippen molar-refractivity contribution < 1.29 is 19.1 Å². The van der Waals surface area contributed by atoms with Crippen LogP contribution in [0.15, 0.2) is 18.2 Å². The van der Waals surface area contributed by atoms with Crippen molar-refractivity contribution in [1.29, 1.82) is 0 Å². The van der Waals surface area contributed by atoms with Gasteiger partial charge in [0, 0.05) is 37.6 Å². The van der Waals surface area contributed by atoms with E-state index in [2.05, 4.69) is 27.0 Å². The average Bonchev–Trinajstić information content (AvgIpc) is 3.05. The number of aromatic amines is 1. The van der Waals surface area contributed by atoms with Gasteiger partial charge in [-0.3, -0.25) is 9.69 Å². The van der Waals surface area contributed by atoms with Crippen LogP contribution in [0.25, 0.3) is 10.9 Å². The molecule has 0 radical (unpaired) electrons. The molecule has 1 fully saturated rings. The number of rotatable bonds is 6. The normalized spacial score (nSPS) is 15.7. The number of nitrogens with zero attached hydrogens (tertiary/aromatic N) is 2. The van der Waals surface area contributed by atoms with E-state index in [1.165, 1.54) is 7.11 Å². The molecule has 0 aliphatic carbocycles. The van der Waals surface area contributed by atoms with Gasteiger partial charge in [0.05, 0.1) is 32.0 Å². The Kier molecular flexibility index (Phi) is 5.98. The molecule has 1 aromatic heterocycles. The molecule has 8 nitrogen and oxygen atoms in total. The van der Waals surface area contributed by atoms with E-state index in [0.717, 1.165) is 38.1 Å². The van der Waals surface area contributed by atoms with Crippen molar-refractivity contribution in [2.24, 2.45) is 0 Å². The maximum absolute atomic E-state index is 12.6. The number of hydrogen-bond donors (Lipinski definition) is 2. The van der Waals surface area contributed by atoms with Crippen LogP contribution in [-0.4, -0.2) is 80.1 Å². The minimum absolute atomic E-state index is 0.151. The number of fused-ring (bicyclic) bond motifs is 1. The largest absolute Gasteiger partial charge is 0.497 e. The Labute approximate surface area is 158 Å². The van der Waals surface area contributed by atoms with Crippen molar-refractivity contribution in [3.8, 4) is 5.75 Å². The number of carbonyl (C=O) groups is 2. The fourth-order valence-electron chi connectivity index (χ4n) is 3.33. The van der Waals surface area contributed by atoms with Gasteiger partial charge in [-0.15, -0.1) is 0 Å². The van der Waals surface area contributed by atoms with E-state index in [4.69, 9.17) is 9.47 Å². The molecule has 0 spiro atoms. The molecule has 1 aromatic carbocycles. The number of methoxy groups -OCH3 is 2. The highest BCUT2D eigenvalue weighted by atomic mass is 16.5. The molecule has 1 aliphatic heterocycles. The number of carbonyl (C=O) groups excluding carboxylic acids is 2. The average molecular weight is 374 g/mol. The van der Waals surface area contributed by atoms with E-state index in [9.17, 15) is 9.59 Å². The van der Waals surface area contributed by atoms with Crippen LogP contribution in [0.1, 0.15) is 17.4 Å². The number of benzene rings is 1. The van der Waals surface area contributed by atoms with Gasteiger partial charge in [-0.2, -0.15) is 0 Å². The monoisotopic (exact) mass is 374 g/mol. The highest BCUT2D eigenvalue weighted by Crippen LogP contribution is 2.31. The van der Waals surface area contributed by atoms with Gasteiger partial charge < -0.3 is 24.7 Å². The quantitative estimate of drug-likeness (QED) is 0.746. The number of esters is 1. The summed E-state index contributed by atoms with van der Waals surface area (Å²) in [4.78, 5) is 32.3. The smallest absolute Gasteiger partial charge is 0.356 e. The molecule has 1 aliphatic rings. The van der Waals surface area contributed by atoms with Gasteiger partial charge in [-0.05, 0) is 18.7 Å². The van der Waals surface area contributed by atoms with E-state index in [1.807, 2.05) is 6.07 Å². The van der Waals surface area contributed by atoms with Gasteiger partial charge in [0.15, 0.2) is 0 Å². The standard InChI is InChI=1S/C19H26N4O4/c1-4-22-7-9-23(10-8-22)12-16(24)21-17-14-6-5-13(26-2)11-15(14)20-18(17)19(25)27-3/h5-6,11,20H,4,7-10,12H2,1-3H3,(H,21,24). The Balaban J connectivity index is 1.78. The summed E-state index contributed by atoms with van der Waals surface area (Å²) in [6.07, 6.45) is 0. The van der Waals surface area contributed by atoms with E-state index < -0.39 is 5.97 Å². The molecule has 27 heavy (non-hydrogen) atoms. The highest BCUT2D eigenvalue weighted by molar-refractivity contribution is 6.11. The van der Waals surface area contributed by atoms with Gasteiger partial charge in [-0.1, -0.05) is 6.92 Å². The molecule has 1 saturated heterocycles. The van der Waals surface area contributed by atoms with Crippen LogP contribution < -0.4 is 10.1 Å². The van der Waals surface area contributed by atoms with Crippen molar-refractivity contribution >= 4 is 28.5 Å². The van der Waals surface area contributed by atoms with E-state index in [0.29, 0.717) is 23.5 Å². The van der Waals surface area contributed by atoms with Gasteiger partial charge in [-0.25, -0.2) is 4.79 Å². The molecule has 0 saturated carbocycles. The number of piperazine rings is 1. The summed E-state index contributed by atoms with van der Waals surface area (Å²) in [6.45, 7) is 7.10. The maximum Gasteiger partial charge on any atom is 0.356 e. The Morgan fingerprint density at radius 2 is 1.85 bits per heavy atom. The lowest BCUT2D eigenvalue weighted by Crippen LogP contribution is -2.48. The third kappa shape index (κ3) is 4.23. The van der Waals surface area contributed by atoms with E-state index in [-0.39, 0.29) is 11.6 Å². The van der Waals surface area contributed by atoms with Gasteiger partial charge in [0.1, 0.15) is 11.4 Å². The number of anilines is 1. The van der Waals surface area contributed by atoms with Crippen LogP contribution in [0.3, 0.4) is 0 Å². The maximum atomic E-state index is 12.6. The number of ether oxygens (including phenoxy) is 2. The Hall–Kier alpha value is -2.58. The van der Waals surface area contributed by atoms with Crippen molar-refractivity contribution in [3.63, 3.8) is 0 Å². The first-order chi connectivity index (χ1) is 13.0. The second-order valence-corrected chi connectivity index (χ2v) is 6.54. The van der Waals surface area contributed by atoms with Gasteiger partial charge in [0.25, 0.3) is 0 Å². The number of hydrogen-bond acceptors (Lipinski definition) is 6. The zero-order valence-corrected chi connectivity index (χ0v) is 16.0. The lowest BCUT2D eigenvalue weighted by atomic mass is 10.2. The summed E-state index contributed by atoms with van der Waals surface area (Å²) in [5.41, 5.74) is 1.36. The number of aromatic nitrogens is 1. The third-order valence-electron chi connectivity index (χ3n) is 4.94. The van der Waals surface area contributed by atoms with Crippen LogP contribution in [0.4, 0.5) is 5.69 Å². The first kappa shape index (κ1) is 19.2. The van der Waals surface area contributed by atoms with Gasteiger partial charge >= 0.3 is 5.97 Å². The van der Waals surface area contributed by atoms with Crippen LogP contribution in [0, 0.1) is 0 Å². The fourth-order valence-corrected chi connectivity index (χ4v) is 3.33. The molecule has 0 bridgehead atoms. The second-order valence-electron chi connectivity index (χ2n) is 6.54. The lowest BCUT2D eigenvalue weighted by Gasteiger charge is -2.33. The molecule has 8 heteroatoms. The molecule has 1 amide bonds. The van der Waals surface area contributed by atoms with Crippen LogP contribution in [0.5, 0.6) is 5.75 Å². The summed E-state index contributed by atoms with van der Waals surface area (Å²) >= 11 is 0. The number of amides is 1. The number of H-pyrrole nitrogens is 1. The topological polar surface area (TPSA) is 86.9 Å². The molecule has 0 unspecified atom stereocenters. The predicted molar refractivity (Wildman–Crippen MR) is 103 cm³/mol. The predicted octanol–water partition coefficient (Wildman–Crippen LogP) is 1.54. The van der Waals surface area contributed by atoms with Crippen LogP contribution in [0.2, 0.25) is 0 Å². The number of nitrogens with one attached hydrogen (secondary N) is 2. The Morgan fingerprint density at radius 1 is 1.15 bits per heavy atom. The second kappa shape index (κ2) is 8.41. The SMILES string of the molecule is CCN1CCN(CC(=O)Nc2c(C(=O)OC)[nH]c3cc(OC)ccc23)CC1. The van der Waals surface area contributed by atoms with Crippen LogP contribution >= 0.6 is 0 Å². The summed E-state index contributed by atoms with van der Waals surface area (Å²) in [5.74, 6) is -0.0225. The molecule has 2 N–H and O–H groups in total. The lowest BCUT2D eigenvalue weighted by molar-refractivity contribution is -0.117. The molecular weight excluding hydrogens is 348 g/mol. The zero-order chi connectivity index (χ0) is 19.4.